The molecule has 2 rings (SSSR count). The van der Waals surface area contributed by atoms with Crippen LogP contribution in [0.4, 0.5) is 13.2 Å². The third-order valence-electron chi connectivity index (χ3n) is 3.50. The van der Waals surface area contributed by atoms with E-state index >= 15 is 0 Å². The van der Waals surface area contributed by atoms with Gasteiger partial charge in [0.25, 0.3) is 0 Å². The quantitative estimate of drug-likeness (QED) is 0.916. The van der Waals surface area contributed by atoms with Crippen LogP contribution in [0.2, 0.25) is 0 Å². The van der Waals surface area contributed by atoms with Crippen LogP contribution in [0.3, 0.4) is 0 Å². The van der Waals surface area contributed by atoms with E-state index < -0.39 is 22.1 Å². The van der Waals surface area contributed by atoms with Crippen LogP contribution < -0.4 is 10.5 Å². The molecule has 0 bridgehead atoms. The second-order valence-electron chi connectivity index (χ2n) is 5.27. The molecule has 0 amide bonds. The van der Waals surface area contributed by atoms with Crippen molar-refractivity contribution in [3.05, 3.63) is 24.3 Å². The molecule has 1 heterocycles. The van der Waals surface area contributed by atoms with Crippen LogP contribution >= 0.6 is 0 Å². The van der Waals surface area contributed by atoms with Gasteiger partial charge >= 0.3 is 6.36 Å². The predicted molar refractivity (Wildman–Crippen MR) is 73.7 cm³/mol. The van der Waals surface area contributed by atoms with Gasteiger partial charge in [0.15, 0.2) is 0 Å². The fourth-order valence-electron chi connectivity index (χ4n) is 2.51. The lowest BCUT2D eigenvalue weighted by atomic mass is 10.0. The molecule has 124 valence electrons. The molecular weight excluding hydrogens is 321 g/mol. The zero-order chi connectivity index (χ0) is 16.5. The van der Waals surface area contributed by atoms with Crippen molar-refractivity contribution in [3.63, 3.8) is 0 Å². The number of benzene rings is 1. The minimum Gasteiger partial charge on any atom is -0.406 e. The molecule has 1 aliphatic heterocycles. The second-order valence-corrected chi connectivity index (χ2v) is 7.16. The van der Waals surface area contributed by atoms with E-state index in [-0.39, 0.29) is 23.5 Å². The van der Waals surface area contributed by atoms with Gasteiger partial charge in [-0.15, -0.1) is 13.2 Å². The van der Waals surface area contributed by atoms with Gasteiger partial charge in [-0.2, -0.15) is 4.31 Å². The Hall–Kier alpha value is -1.32. The maximum Gasteiger partial charge on any atom is 0.573 e. The van der Waals surface area contributed by atoms with Crippen LogP contribution in [0.15, 0.2) is 29.2 Å². The highest BCUT2D eigenvalue weighted by Crippen LogP contribution is 2.29. The molecule has 1 aromatic carbocycles. The van der Waals surface area contributed by atoms with Crippen LogP contribution in [0.1, 0.15) is 19.8 Å². The van der Waals surface area contributed by atoms with Crippen LogP contribution in [-0.4, -0.2) is 37.7 Å². The monoisotopic (exact) mass is 338 g/mol. The molecule has 0 unspecified atom stereocenters. The van der Waals surface area contributed by atoms with E-state index in [0.29, 0.717) is 12.8 Å². The Morgan fingerprint density at radius 3 is 2.64 bits per heavy atom. The molecular formula is C13H17F3N2O3S. The van der Waals surface area contributed by atoms with Crippen LogP contribution in [0.25, 0.3) is 0 Å². The predicted octanol–water partition coefficient (Wildman–Crippen LogP) is 2.09. The van der Waals surface area contributed by atoms with Crippen molar-refractivity contribution in [2.24, 2.45) is 5.73 Å². The average Bonchev–Trinajstić information content (AvgIpc) is 2.36. The first-order valence-corrected chi connectivity index (χ1v) is 8.17. The Kier molecular flexibility index (Phi) is 4.69. The van der Waals surface area contributed by atoms with Crippen molar-refractivity contribution in [1.29, 1.82) is 0 Å². The summed E-state index contributed by atoms with van der Waals surface area (Å²) < 4.78 is 66.9. The third kappa shape index (κ3) is 3.90. The van der Waals surface area contributed by atoms with Gasteiger partial charge in [-0.3, -0.25) is 0 Å². The number of sulfonamides is 1. The number of halogens is 3. The molecule has 1 fully saturated rings. The second kappa shape index (κ2) is 6.05. The summed E-state index contributed by atoms with van der Waals surface area (Å²) in [5.41, 5.74) is 5.80. The number of hydrogen-bond acceptors (Lipinski definition) is 4. The molecule has 1 saturated heterocycles. The van der Waals surface area contributed by atoms with Gasteiger partial charge in [0.05, 0.1) is 4.90 Å². The molecule has 0 saturated carbocycles. The highest BCUT2D eigenvalue weighted by molar-refractivity contribution is 7.89. The summed E-state index contributed by atoms with van der Waals surface area (Å²) in [6.45, 7) is 1.97. The number of nitrogens with two attached hydrogens (primary N) is 1. The van der Waals surface area contributed by atoms with Gasteiger partial charge in [-0.25, -0.2) is 8.42 Å². The van der Waals surface area contributed by atoms with E-state index in [1.54, 1.807) is 6.92 Å². The first kappa shape index (κ1) is 17.0. The minimum absolute atomic E-state index is 0.0682. The van der Waals surface area contributed by atoms with E-state index in [1.807, 2.05) is 0 Å². The molecule has 1 aromatic rings. The largest absolute Gasteiger partial charge is 0.573 e. The number of alkyl halides is 3. The first-order chi connectivity index (χ1) is 10.1. The molecule has 9 heteroatoms. The summed E-state index contributed by atoms with van der Waals surface area (Å²) in [7, 11) is -3.88. The highest BCUT2D eigenvalue weighted by atomic mass is 32.2. The van der Waals surface area contributed by atoms with Crippen molar-refractivity contribution in [1.82, 2.24) is 4.31 Å². The van der Waals surface area contributed by atoms with Gasteiger partial charge < -0.3 is 10.5 Å². The summed E-state index contributed by atoms with van der Waals surface area (Å²) >= 11 is 0. The third-order valence-corrected chi connectivity index (χ3v) is 5.51. The summed E-state index contributed by atoms with van der Waals surface area (Å²) in [6.07, 6.45) is -3.84. The van der Waals surface area contributed by atoms with E-state index in [2.05, 4.69) is 4.74 Å². The molecule has 2 N–H and O–H groups in total. The highest BCUT2D eigenvalue weighted by Gasteiger charge is 2.35. The Morgan fingerprint density at radius 2 is 2.05 bits per heavy atom. The Labute approximate surface area is 126 Å². The molecule has 2 atom stereocenters. The fourth-order valence-corrected chi connectivity index (χ4v) is 4.20. The Morgan fingerprint density at radius 1 is 1.36 bits per heavy atom. The molecule has 5 nitrogen and oxygen atoms in total. The van der Waals surface area contributed by atoms with Gasteiger partial charge in [0.2, 0.25) is 10.0 Å². The zero-order valence-electron chi connectivity index (χ0n) is 11.9. The lowest BCUT2D eigenvalue weighted by Gasteiger charge is -2.35. The summed E-state index contributed by atoms with van der Waals surface area (Å²) in [5.74, 6) is -0.560. The molecule has 1 aliphatic rings. The molecule has 0 radical (unpaired) electrons. The lowest BCUT2D eigenvalue weighted by molar-refractivity contribution is -0.274. The maximum absolute atomic E-state index is 12.6. The zero-order valence-corrected chi connectivity index (χ0v) is 12.7. The van der Waals surface area contributed by atoms with E-state index in [4.69, 9.17) is 5.73 Å². The van der Waals surface area contributed by atoms with Crippen LogP contribution in [0, 0.1) is 0 Å². The topological polar surface area (TPSA) is 72.6 Å². The van der Waals surface area contributed by atoms with Crippen molar-refractivity contribution < 1.29 is 26.3 Å². The van der Waals surface area contributed by atoms with Gasteiger partial charge in [0.1, 0.15) is 5.75 Å². The van der Waals surface area contributed by atoms with Crippen molar-refractivity contribution >= 4 is 10.0 Å². The lowest BCUT2D eigenvalue weighted by Crippen LogP contribution is -2.48. The van der Waals surface area contributed by atoms with Crippen molar-refractivity contribution in [2.75, 3.05) is 6.54 Å². The number of piperidine rings is 1. The average molecular weight is 338 g/mol. The molecule has 0 spiro atoms. The Bertz CT molecular complexity index is 634. The molecule has 0 aliphatic carbocycles. The number of ether oxygens (including phenoxy) is 1. The molecule has 0 aromatic heterocycles. The van der Waals surface area contributed by atoms with Gasteiger partial charge in [-0.1, -0.05) is 6.07 Å². The Balaban J connectivity index is 2.28. The smallest absolute Gasteiger partial charge is 0.406 e. The maximum atomic E-state index is 12.6. The van der Waals surface area contributed by atoms with Crippen LogP contribution in [0.5, 0.6) is 5.75 Å². The number of hydrogen-bond donors (Lipinski definition) is 1. The number of nitrogens with zero attached hydrogens (tertiary/aromatic N) is 1. The van der Waals surface area contributed by atoms with Gasteiger partial charge in [-0.05, 0) is 31.9 Å². The van der Waals surface area contributed by atoms with Crippen molar-refractivity contribution in [3.8, 4) is 5.75 Å². The SMILES string of the molecule is C[C@H]1C[C@H](N)CCN1S(=O)(=O)c1cccc(OC(F)(F)F)c1. The fraction of sp³-hybridized carbons (Fsp3) is 0.538. The first-order valence-electron chi connectivity index (χ1n) is 6.73. The summed E-state index contributed by atoms with van der Waals surface area (Å²) in [4.78, 5) is -0.225. The van der Waals surface area contributed by atoms with E-state index in [0.717, 1.165) is 12.1 Å². The summed E-state index contributed by atoms with van der Waals surface area (Å²) in [6, 6.07) is 4.03. The van der Waals surface area contributed by atoms with Crippen LogP contribution in [-0.2, 0) is 10.0 Å². The number of rotatable bonds is 3. The van der Waals surface area contributed by atoms with Gasteiger partial charge in [0, 0.05) is 24.7 Å². The molecule has 22 heavy (non-hydrogen) atoms. The normalized spacial score (nSPS) is 24.2. The summed E-state index contributed by atoms with van der Waals surface area (Å²) in [5, 5.41) is 0. The van der Waals surface area contributed by atoms with E-state index in [9.17, 15) is 21.6 Å². The van der Waals surface area contributed by atoms with E-state index in [1.165, 1.54) is 16.4 Å². The van der Waals surface area contributed by atoms with Crippen molar-refractivity contribution in [2.45, 2.75) is 43.1 Å². The minimum atomic E-state index is -4.87. The standard InChI is InChI=1S/C13H17F3N2O3S/c1-9-7-10(17)5-6-18(9)22(19,20)12-4-2-3-11(8-12)21-13(14,15)16/h2-4,8-10H,5-7,17H2,1H3/t9-,10+/m0/s1.